The maximum atomic E-state index is 4.54. The van der Waals surface area contributed by atoms with Crippen molar-refractivity contribution < 1.29 is 0 Å². The SMILES string of the molecule is Cc1cc(CNCC(C)C)nc(-c2ccncn2)n1. The summed E-state index contributed by atoms with van der Waals surface area (Å²) in [7, 11) is 0. The summed E-state index contributed by atoms with van der Waals surface area (Å²) in [5.74, 6) is 1.29. The maximum Gasteiger partial charge on any atom is 0.178 e. The third-order valence-electron chi connectivity index (χ3n) is 2.58. The highest BCUT2D eigenvalue weighted by molar-refractivity contribution is 5.48. The van der Waals surface area contributed by atoms with E-state index < -0.39 is 0 Å². The Morgan fingerprint density at radius 1 is 1.26 bits per heavy atom. The molecule has 0 saturated heterocycles. The maximum absolute atomic E-state index is 4.54. The van der Waals surface area contributed by atoms with Gasteiger partial charge in [0.1, 0.15) is 12.0 Å². The lowest BCUT2D eigenvalue weighted by Crippen LogP contribution is -2.20. The van der Waals surface area contributed by atoms with Gasteiger partial charge in [-0.1, -0.05) is 13.8 Å². The second-order valence-corrected chi connectivity index (χ2v) is 4.94. The van der Waals surface area contributed by atoms with Crippen molar-refractivity contribution in [3.8, 4) is 11.5 Å². The summed E-state index contributed by atoms with van der Waals surface area (Å²) < 4.78 is 0. The molecule has 0 aliphatic rings. The molecule has 0 unspecified atom stereocenters. The average Bonchev–Trinajstić information content (AvgIpc) is 2.39. The first-order chi connectivity index (χ1) is 9.15. The van der Waals surface area contributed by atoms with Crippen molar-refractivity contribution in [1.29, 1.82) is 0 Å². The molecule has 19 heavy (non-hydrogen) atoms. The molecule has 5 heteroatoms. The zero-order chi connectivity index (χ0) is 13.7. The van der Waals surface area contributed by atoms with Gasteiger partial charge in [0.15, 0.2) is 5.82 Å². The van der Waals surface area contributed by atoms with Crippen LogP contribution in [0, 0.1) is 12.8 Å². The molecule has 0 aromatic carbocycles. The average molecular weight is 257 g/mol. The molecule has 5 nitrogen and oxygen atoms in total. The molecule has 2 aromatic heterocycles. The molecule has 0 aliphatic carbocycles. The first kappa shape index (κ1) is 13.5. The van der Waals surface area contributed by atoms with E-state index in [4.69, 9.17) is 0 Å². The number of hydrogen-bond acceptors (Lipinski definition) is 5. The van der Waals surface area contributed by atoms with Gasteiger partial charge < -0.3 is 5.32 Å². The fourth-order valence-electron chi connectivity index (χ4n) is 1.75. The van der Waals surface area contributed by atoms with E-state index in [0.717, 1.165) is 30.2 Å². The molecule has 0 fully saturated rings. The molecule has 0 saturated carbocycles. The second kappa shape index (κ2) is 6.33. The van der Waals surface area contributed by atoms with Gasteiger partial charge in [-0.15, -0.1) is 0 Å². The van der Waals surface area contributed by atoms with E-state index in [1.54, 1.807) is 6.20 Å². The van der Waals surface area contributed by atoms with Crippen LogP contribution in [-0.2, 0) is 6.54 Å². The Balaban J connectivity index is 2.16. The Hall–Kier alpha value is -1.88. The second-order valence-electron chi connectivity index (χ2n) is 4.94. The Morgan fingerprint density at radius 3 is 2.79 bits per heavy atom. The summed E-state index contributed by atoms with van der Waals surface area (Å²) in [6.07, 6.45) is 3.21. The lowest BCUT2D eigenvalue weighted by molar-refractivity contribution is 0.548. The van der Waals surface area contributed by atoms with E-state index in [1.807, 2.05) is 19.1 Å². The van der Waals surface area contributed by atoms with Crippen molar-refractivity contribution in [3.63, 3.8) is 0 Å². The minimum absolute atomic E-state index is 0.629. The summed E-state index contributed by atoms with van der Waals surface area (Å²) in [5.41, 5.74) is 2.69. The van der Waals surface area contributed by atoms with E-state index in [1.165, 1.54) is 6.33 Å². The summed E-state index contributed by atoms with van der Waals surface area (Å²) in [4.78, 5) is 17.0. The quantitative estimate of drug-likeness (QED) is 0.887. The summed E-state index contributed by atoms with van der Waals surface area (Å²) in [6.45, 7) is 8.07. The molecule has 0 aliphatic heterocycles. The van der Waals surface area contributed by atoms with Crippen molar-refractivity contribution in [1.82, 2.24) is 25.3 Å². The Labute approximate surface area is 113 Å². The minimum Gasteiger partial charge on any atom is -0.311 e. The fourth-order valence-corrected chi connectivity index (χ4v) is 1.75. The molecule has 1 N–H and O–H groups in total. The lowest BCUT2D eigenvalue weighted by atomic mass is 10.2. The van der Waals surface area contributed by atoms with Crippen LogP contribution >= 0.6 is 0 Å². The molecular weight excluding hydrogens is 238 g/mol. The first-order valence-electron chi connectivity index (χ1n) is 6.47. The number of aryl methyl sites for hydroxylation is 1. The van der Waals surface area contributed by atoms with Crippen LogP contribution in [0.2, 0.25) is 0 Å². The van der Waals surface area contributed by atoms with Crippen LogP contribution < -0.4 is 5.32 Å². The third-order valence-corrected chi connectivity index (χ3v) is 2.58. The van der Waals surface area contributed by atoms with Gasteiger partial charge in [0.05, 0.1) is 5.69 Å². The molecule has 0 atom stereocenters. The monoisotopic (exact) mass is 257 g/mol. The van der Waals surface area contributed by atoms with Crippen LogP contribution in [0.4, 0.5) is 0 Å². The molecule has 0 amide bonds. The number of rotatable bonds is 5. The van der Waals surface area contributed by atoms with Crippen LogP contribution in [0.3, 0.4) is 0 Å². The molecule has 0 bridgehead atoms. The van der Waals surface area contributed by atoms with E-state index in [9.17, 15) is 0 Å². The Morgan fingerprint density at radius 2 is 2.11 bits per heavy atom. The Bertz CT molecular complexity index is 525. The molecule has 2 rings (SSSR count). The highest BCUT2D eigenvalue weighted by Crippen LogP contribution is 2.12. The third kappa shape index (κ3) is 4.06. The van der Waals surface area contributed by atoms with Gasteiger partial charge in [0.2, 0.25) is 0 Å². The van der Waals surface area contributed by atoms with E-state index in [2.05, 4.69) is 39.1 Å². The molecule has 2 heterocycles. The standard InChI is InChI=1S/C14H19N5/c1-10(2)7-16-8-12-6-11(3)18-14(19-12)13-4-5-15-9-17-13/h4-6,9-10,16H,7-8H2,1-3H3. The van der Waals surface area contributed by atoms with E-state index in [0.29, 0.717) is 11.7 Å². The predicted octanol–water partition coefficient (Wildman–Crippen LogP) is 1.99. The zero-order valence-corrected chi connectivity index (χ0v) is 11.6. The summed E-state index contributed by atoms with van der Waals surface area (Å²) in [5, 5.41) is 3.38. The summed E-state index contributed by atoms with van der Waals surface area (Å²) in [6, 6.07) is 3.82. The fraction of sp³-hybridized carbons (Fsp3) is 0.429. The molecule has 2 aromatic rings. The highest BCUT2D eigenvalue weighted by atomic mass is 15.0. The molecule has 0 radical (unpaired) electrons. The van der Waals surface area contributed by atoms with Crippen molar-refractivity contribution in [2.75, 3.05) is 6.54 Å². The van der Waals surface area contributed by atoms with Crippen molar-refractivity contribution in [2.45, 2.75) is 27.3 Å². The van der Waals surface area contributed by atoms with Gasteiger partial charge in [-0.25, -0.2) is 19.9 Å². The molecular formula is C14H19N5. The zero-order valence-electron chi connectivity index (χ0n) is 11.6. The largest absolute Gasteiger partial charge is 0.311 e. The topological polar surface area (TPSA) is 63.6 Å². The number of nitrogens with one attached hydrogen (secondary N) is 1. The number of nitrogens with zero attached hydrogens (tertiary/aromatic N) is 4. The minimum atomic E-state index is 0.629. The lowest BCUT2D eigenvalue weighted by Gasteiger charge is -2.08. The summed E-state index contributed by atoms with van der Waals surface area (Å²) >= 11 is 0. The first-order valence-corrected chi connectivity index (χ1v) is 6.47. The van der Waals surface area contributed by atoms with Gasteiger partial charge in [0, 0.05) is 18.4 Å². The van der Waals surface area contributed by atoms with Gasteiger partial charge in [0.25, 0.3) is 0 Å². The van der Waals surface area contributed by atoms with Crippen LogP contribution in [0.15, 0.2) is 24.7 Å². The Kier molecular flexibility index (Phi) is 4.52. The van der Waals surface area contributed by atoms with Crippen molar-refractivity contribution in [2.24, 2.45) is 5.92 Å². The van der Waals surface area contributed by atoms with Gasteiger partial charge in [-0.2, -0.15) is 0 Å². The normalized spacial score (nSPS) is 10.9. The van der Waals surface area contributed by atoms with Crippen LogP contribution in [0.5, 0.6) is 0 Å². The van der Waals surface area contributed by atoms with E-state index in [-0.39, 0.29) is 0 Å². The van der Waals surface area contributed by atoms with Crippen LogP contribution in [0.25, 0.3) is 11.5 Å². The van der Waals surface area contributed by atoms with Crippen LogP contribution in [0.1, 0.15) is 25.2 Å². The smallest absolute Gasteiger partial charge is 0.178 e. The van der Waals surface area contributed by atoms with Crippen molar-refractivity contribution >= 4 is 0 Å². The van der Waals surface area contributed by atoms with Crippen molar-refractivity contribution in [3.05, 3.63) is 36.0 Å². The predicted molar refractivity (Wildman–Crippen MR) is 74.3 cm³/mol. The highest BCUT2D eigenvalue weighted by Gasteiger charge is 2.06. The molecule has 0 spiro atoms. The van der Waals surface area contributed by atoms with Gasteiger partial charge in [-0.3, -0.25) is 0 Å². The van der Waals surface area contributed by atoms with Gasteiger partial charge in [-0.05, 0) is 31.5 Å². The molecule has 100 valence electrons. The number of aromatic nitrogens is 4. The van der Waals surface area contributed by atoms with Gasteiger partial charge >= 0.3 is 0 Å². The number of hydrogen-bond donors (Lipinski definition) is 1. The van der Waals surface area contributed by atoms with E-state index >= 15 is 0 Å². The van der Waals surface area contributed by atoms with Crippen LogP contribution in [-0.4, -0.2) is 26.5 Å².